The number of benzene rings is 2. The van der Waals surface area contributed by atoms with Gasteiger partial charge in [0.2, 0.25) is 0 Å². The molecule has 94 valence electrons. The molecular weight excluding hydrogens is 224 g/mol. The predicted molar refractivity (Wildman–Crippen MR) is 76.5 cm³/mol. The monoisotopic (exact) mass is 242 g/mol. The highest BCUT2D eigenvalue weighted by atomic mass is 15.1. The number of hydrogen-bond acceptors (Lipinski definition) is 4. The molecular formula is C14H18N4. The molecule has 0 aromatic heterocycles. The largest absolute Gasteiger partial charge is 0.399 e. The molecule has 0 saturated carbocycles. The Labute approximate surface area is 108 Å². The second-order valence-corrected chi connectivity index (χ2v) is 3.63. The summed E-state index contributed by atoms with van der Waals surface area (Å²) in [5.41, 5.74) is 7.93. The number of hydrogen-bond donors (Lipinski definition) is 2. The molecule has 18 heavy (non-hydrogen) atoms. The third kappa shape index (κ3) is 5.23. The molecule has 0 bridgehead atoms. The molecule has 2 rings (SSSR count). The van der Waals surface area contributed by atoms with E-state index in [2.05, 4.69) is 15.5 Å². The van der Waals surface area contributed by atoms with Crippen molar-refractivity contribution in [2.75, 3.05) is 19.8 Å². The maximum atomic E-state index is 5.56. The summed E-state index contributed by atoms with van der Waals surface area (Å²) in [5, 5.41) is 10.9. The van der Waals surface area contributed by atoms with Crippen LogP contribution in [0.1, 0.15) is 0 Å². The molecule has 0 radical (unpaired) electrons. The fraction of sp³-hybridized carbons (Fsp3) is 0.143. The Morgan fingerprint density at radius 1 is 0.778 bits per heavy atom. The maximum Gasteiger partial charge on any atom is 0.0858 e. The summed E-state index contributed by atoms with van der Waals surface area (Å²) in [6.45, 7) is 0. The van der Waals surface area contributed by atoms with Crippen LogP contribution in [0.2, 0.25) is 0 Å². The first-order valence-electron chi connectivity index (χ1n) is 5.67. The van der Waals surface area contributed by atoms with Gasteiger partial charge in [0.1, 0.15) is 0 Å². The molecule has 3 N–H and O–H groups in total. The van der Waals surface area contributed by atoms with Crippen molar-refractivity contribution in [3.05, 3.63) is 54.6 Å². The van der Waals surface area contributed by atoms with E-state index >= 15 is 0 Å². The molecule has 0 aliphatic carbocycles. The van der Waals surface area contributed by atoms with Crippen molar-refractivity contribution in [1.82, 2.24) is 5.32 Å². The quantitative estimate of drug-likeness (QED) is 0.625. The molecule has 0 heterocycles. The fourth-order valence-electron chi connectivity index (χ4n) is 1.15. The predicted octanol–water partition coefficient (Wildman–Crippen LogP) is 3.52. The summed E-state index contributed by atoms with van der Waals surface area (Å²) < 4.78 is 0. The van der Waals surface area contributed by atoms with Crippen LogP contribution in [0.15, 0.2) is 64.8 Å². The van der Waals surface area contributed by atoms with Crippen molar-refractivity contribution < 1.29 is 0 Å². The third-order valence-corrected chi connectivity index (χ3v) is 1.93. The summed E-state index contributed by atoms with van der Waals surface area (Å²) in [6.07, 6.45) is 0. The van der Waals surface area contributed by atoms with Crippen molar-refractivity contribution in [1.29, 1.82) is 0 Å². The second kappa shape index (κ2) is 7.97. The van der Waals surface area contributed by atoms with E-state index in [0.29, 0.717) is 0 Å². The second-order valence-electron chi connectivity index (χ2n) is 3.63. The van der Waals surface area contributed by atoms with Crippen molar-refractivity contribution in [3.8, 4) is 0 Å². The Balaban J connectivity index is 0.000000492. The Morgan fingerprint density at radius 3 is 1.72 bits per heavy atom. The topological polar surface area (TPSA) is 62.8 Å². The minimum absolute atomic E-state index is 0.730. The first kappa shape index (κ1) is 13.9. The van der Waals surface area contributed by atoms with E-state index in [9.17, 15) is 0 Å². The standard InChI is InChI=1S/C12H11N3.C2H7N/c13-10-6-8-12(9-7-10)15-14-11-4-2-1-3-5-11;1-3-2/h1-9H,13H2;3H,1-2H3. The summed E-state index contributed by atoms with van der Waals surface area (Å²) >= 11 is 0. The highest BCUT2D eigenvalue weighted by molar-refractivity contribution is 5.47. The van der Waals surface area contributed by atoms with Crippen LogP contribution in [0, 0.1) is 0 Å². The Bertz CT molecular complexity index is 463. The zero-order valence-corrected chi connectivity index (χ0v) is 10.7. The number of rotatable bonds is 2. The molecule has 0 saturated heterocycles. The van der Waals surface area contributed by atoms with Gasteiger partial charge in [-0.2, -0.15) is 10.2 Å². The molecule has 4 nitrogen and oxygen atoms in total. The van der Waals surface area contributed by atoms with Gasteiger partial charge < -0.3 is 11.1 Å². The van der Waals surface area contributed by atoms with E-state index in [1.165, 1.54) is 0 Å². The average Bonchev–Trinajstić information content (AvgIpc) is 2.40. The van der Waals surface area contributed by atoms with E-state index in [1.807, 2.05) is 56.6 Å². The van der Waals surface area contributed by atoms with Gasteiger partial charge in [-0.05, 0) is 50.5 Å². The van der Waals surface area contributed by atoms with E-state index in [0.717, 1.165) is 17.1 Å². The van der Waals surface area contributed by atoms with Crippen LogP contribution >= 0.6 is 0 Å². The van der Waals surface area contributed by atoms with E-state index in [1.54, 1.807) is 12.1 Å². The van der Waals surface area contributed by atoms with E-state index in [-0.39, 0.29) is 0 Å². The van der Waals surface area contributed by atoms with Crippen LogP contribution in [0.25, 0.3) is 0 Å². The van der Waals surface area contributed by atoms with Crippen molar-refractivity contribution in [2.45, 2.75) is 0 Å². The van der Waals surface area contributed by atoms with Crippen molar-refractivity contribution in [2.24, 2.45) is 10.2 Å². The molecule has 0 fully saturated rings. The smallest absolute Gasteiger partial charge is 0.0858 e. The summed E-state index contributed by atoms with van der Waals surface area (Å²) in [4.78, 5) is 0. The normalized spacial score (nSPS) is 9.89. The van der Waals surface area contributed by atoms with Crippen LogP contribution in [0.3, 0.4) is 0 Å². The van der Waals surface area contributed by atoms with Crippen LogP contribution in [-0.4, -0.2) is 14.1 Å². The fourth-order valence-corrected chi connectivity index (χ4v) is 1.15. The number of nitrogens with zero attached hydrogens (tertiary/aromatic N) is 2. The van der Waals surface area contributed by atoms with Gasteiger partial charge in [-0.3, -0.25) is 0 Å². The number of anilines is 1. The van der Waals surface area contributed by atoms with Gasteiger partial charge in [-0.15, -0.1) is 0 Å². The van der Waals surface area contributed by atoms with E-state index in [4.69, 9.17) is 5.73 Å². The lowest BCUT2D eigenvalue weighted by atomic mass is 10.3. The Morgan fingerprint density at radius 2 is 1.22 bits per heavy atom. The zero-order valence-electron chi connectivity index (χ0n) is 10.7. The van der Waals surface area contributed by atoms with Crippen LogP contribution in [-0.2, 0) is 0 Å². The highest BCUT2D eigenvalue weighted by Crippen LogP contribution is 2.18. The SMILES string of the molecule is CNC.Nc1ccc(N=Nc2ccccc2)cc1. The van der Waals surface area contributed by atoms with Gasteiger partial charge in [-0.1, -0.05) is 18.2 Å². The lowest BCUT2D eigenvalue weighted by molar-refractivity contribution is 1.02. The lowest BCUT2D eigenvalue weighted by Gasteiger charge is -1.93. The minimum Gasteiger partial charge on any atom is -0.399 e. The average molecular weight is 242 g/mol. The first-order valence-corrected chi connectivity index (χ1v) is 5.67. The van der Waals surface area contributed by atoms with Gasteiger partial charge in [0, 0.05) is 5.69 Å². The maximum absolute atomic E-state index is 5.56. The van der Waals surface area contributed by atoms with Crippen molar-refractivity contribution in [3.63, 3.8) is 0 Å². The number of nitrogens with one attached hydrogen (secondary N) is 1. The number of nitrogen functional groups attached to an aromatic ring is 1. The van der Waals surface area contributed by atoms with Gasteiger partial charge in [0.15, 0.2) is 0 Å². The van der Waals surface area contributed by atoms with Gasteiger partial charge in [0.05, 0.1) is 11.4 Å². The van der Waals surface area contributed by atoms with Crippen molar-refractivity contribution >= 4 is 17.1 Å². The molecule has 2 aromatic rings. The third-order valence-electron chi connectivity index (χ3n) is 1.93. The highest BCUT2D eigenvalue weighted by Gasteiger charge is 1.89. The van der Waals surface area contributed by atoms with Gasteiger partial charge >= 0.3 is 0 Å². The molecule has 0 unspecified atom stereocenters. The van der Waals surface area contributed by atoms with Crippen LogP contribution < -0.4 is 11.1 Å². The molecule has 0 aliphatic rings. The molecule has 0 aliphatic heterocycles. The van der Waals surface area contributed by atoms with Crippen LogP contribution in [0.5, 0.6) is 0 Å². The van der Waals surface area contributed by atoms with E-state index < -0.39 is 0 Å². The molecule has 0 spiro atoms. The number of azo groups is 1. The van der Waals surface area contributed by atoms with Gasteiger partial charge in [0.25, 0.3) is 0 Å². The Kier molecular flexibility index (Phi) is 6.14. The minimum atomic E-state index is 0.730. The molecule has 2 aromatic carbocycles. The van der Waals surface area contributed by atoms with Crippen LogP contribution in [0.4, 0.5) is 17.1 Å². The summed E-state index contributed by atoms with van der Waals surface area (Å²) in [7, 11) is 3.75. The Hall–Kier alpha value is -2.20. The molecule has 0 atom stereocenters. The lowest BCUT2D eigenvalue weighted by Crippen LogP contribution is -1.89. The van der Waals surface area contributed by atoms with Gasteiger partial charge in [-0.25, -0.2) is 0 Å². The summed E-state index contributed by atoms with van der Waals surface area (Å²) in [5.74, 6) is 0. The molecule has 4 heteroatoms. The molecule has 0 amide bonds. The first-order chi connectivity index (χ1) is 8.76. The summed E-state index contributed by atoms with van der Waals surface area (Å²) in [6, 6.07) is 16.9. The zero-order chi connectivity index (χ0) is 13.2. The number of nitrogens with two attached hydrogens (primary N) is 1.